The summed E-state index contributed by atoms with van der Waals surface area (Å²) in [4.78, 5) is 0. The average molecular weight is 354 g/mol. The fraction of sp³-hybridized carbons (Fsp3) is 1.00. The minimum Gasteiger partial charge on any atom is -0.285 e. The Kier molecular flexibility index (Phi) is 5.57. The van der Waals surface area contributed by atoms with E-state index in [9.17, 15) is 25.9 Å². The van der Waals surface area contributed by atoms with Crippen LogP contribution < -0.4 is 0 Å². The number of hydrogen-bond donors (Lipinski definition) is 2. The molecule has 0 amide bonds. The van der Waals surface area contributed by atoms with Crippen LogP contribution in [0, 0.1) is 11.8 Å². The lowest BCUT2D eigenvalue weighted by Gasteiger charge is -2.35. The minimum absolute atomic E-state index is 0.100. The van der Waals surface area contributed by atoms with E-state index in [2.05, 4.69) is 0 Å². The van der Waals surface area contributed by atoms with Crippen molar-refractivity contribution in [3.63, 3.8) is 0 Å². The fourth-order valence-electron chi connectivity index (χ4n) is 3.43. The number of rotatable bonds is 9. The third-order valence-corrected chi connectivity index (χ3v) is 8.21. The summed E-state index contributed by atoms with van der Waals surface area (Å²) in [6.07, 6.45) is 7.69. The minimum atomic E-state index is -4.56. The monoisotopic (exact) mass is 354 g/mol. The average Bonchev–Trinajstić information content (AvgIpc) is 2.20. The zero-order valence-corrected chi connectivity index (χ0v) is 14.4. The van der Waals surface area contributed by atoms with Crippen molar-refractivity contribution in [1.29, 1.82) is 0 Å². The third-order valence-electron chi connectivity index (χ3n) is 5.46. The lowest BCUT2D eigenvalue weighted by Crippen LogP contribution is -2.46. The summed E-state index contributed by atoms with van der Waals surface area (Å²) in [6, 6.07) is 0. The van der Waals surface area contributed by atoms with E-state index in [0.717, 1.165) is 38.5 Å². The van der Waals surface area contributed by atoms with Crippen LogP contribution in [0.5, 0.6) is 0 Å². The molecule has 0 heterocycles. The summed E-state index contributed by atoms with van der Waals surface area (Å²) >= 11 is 0. The van der Waals surface area contributed by atoms with Gasteiger partial charge in [-0.1, -0.05) is 38.5 Å². The Morgan fingerprint density at radius 1 is 0.818 bits per heavy atom. The Bertz CT molecular complexity index is 554. The lowest BCUT2D eigenvalue weighted by atomic mass is 9.77. The van der Waals surface area contributed by atoms with Crippen molar-refractivity contribution >= 4 is 20.2 Å². The molecule has 2 aliphatic carbocycles. The lowest BCUT2D eigenvalue weighted by molar-refractivity contribution is 0.245. The van der Waals surface area contributed by atoms with Crippen molar-refractivity contribution in [3.8, 4) is 0 Å². The quantitative estimate of drug-likeness (QED) is 0.616. The highest BCUT2D eigenvalue weighted by atomic mass is 32.2. The van der Waals surface area contributed by atoms with Crippen LogP contribution in [-0.4, -0.2) is 36.4 Å². The van der Waals surface area contributed by atoms with Gasteiger partial charge in [-0.05, 0) is 37.5 Å². The summed E-state index contributed by atoms with van der Waals surface area (Å²) in [5.41, 5.74) is 0. The highest BCUT2D eigenvalue weighted by Crippen LogP contribution is 2.40. The van der Waals surface area contributed by atoms with E-state index in [1.165, 1.54) is 0 Å². The first kappa shape index (κ1) is 18.2. The zero-order valence-electron chi connectivity index (χ0n) is 12.8. The molecule has 0 aliphatic heterocycles. The van der Waals surface area contributed by atoms with E-state index in [1.807, 2.05) is 0 Å². The molecule has 0 radical (unpaired) electrons. The van der Waals surface area contributed by atoms with E-state index in [1.54, 1.807) is 0 Å². The molecule has 130 valence electrons. The molecule has 2 N–H and O–H groups in total. The van der Waals surface area contributed by atoms with Gasteiger partial charge in [0.15, 0.2) is 0 Å². The van der Waals surface area contributed by atoms with Crippen LogP contribution in [0.2, 0.25) is 0 Å². The molecule has 0 bridgehead atoms. The van der Waals surface area contributed by atoms with Gasteiger partial charge in [0, 0.05) is 0 Å². The Labute approximate surface area is 133 Å². The van der Waals surface area contributed by atoms with E-state index < -0.39 is 30.7 Å². The third kappa shape index (κ3) is 4.66. The van der Waals surface area contributed by atoms with Crippen LogP contribution in [0.3, 0.4) is 0 Å². The summed E-state index contributed by atoms with van der Waals surface area (Å²) in [7, 11) is -9.04. The first-order chi connectivity index (χ1) is 10.1. The van der Waals surface area contributed by atoms with Crippen LogP contribution >= 0.6 is 0 Å². The van der Waals surface area contributed by atoms with E-state index in [-0.39, 0.29) is 12.8 Å². The largest absolute Gasteiger partial charge is 0.285 e. The van der Waals surface area contributed by atoms with Crippen molar-refractivity contribution in [1.82, 2.24) is 0 Å². The maximum Gasteiger partial charge on any atom is 0.271 e. The molecule has 0 atom stereocenters. The van der Waals surface area contributed by atoms with Crippen LogP contribution in [0.25, 0.3) is 0 Å². The van der Waals surface area contributed by atoms with Gasteiger partial charge < -0.3 is 0 Å². The first-order valence-electron chi connectivity index (χ1n) is 8.03. The van der Waals surface area contributed by atoms with Crippen LogP contribution in [0.1, 0.15) is 64.2 Å². The van der Waals surface area contributed by atoms with Gasteiger partial charge in [0.1, 0.15) is 4.75 Å². The summed E-state index contributed by atoms with van der Waals surface area (Å²) < 4.78 is 63.7. The molecule has 0 aromatic rings. The van der Waals surface area contributed by atoms with Gasteiger partial charge in [-0.2, -0.15) is 16.8 Å². The van der Waals surface area contributed by atoms with Crippen molar-refractivity contribution in [2.75, 3.05) is 5.75 Å². The molecule has 2 rings (SSSR count). The van der Waals surface area contributed by atoms with E-state index >= 15 is 0 Å². The van der Waals surface area contributed by atoms with E-state index in [4.69, 9.17) is 0 Å². The SMILES string of the molecule is O=S(=O)(O)CC(CCC1CCC1)(CCC1CCC1)S(=O)(=O)O. The topological polar surface area (TPSA) is 109 Å². The smallest absolute Gasteiger partial charge is 0.271 e. The molecule has 2 fully saturated rings. The molecule has 2 saturated carbocycles. The van der Waals surface area contributed by atoms with Crippen molar-refractivity contribution in [2.24, 2.45) is 11.8 Å². The predicted molar refractivity (Wildman–Crippen MR) is 83.8 cm³/mol. The molecule has 6 nitrogen and oxygen atoms in total. The van der Waals surface area contributed by atoms with Crippen LogP contribution in [-0.2, 0) is 20.2 Å². The van der Waals surface area contributed by atoms with Gasteiger partial charge in [-0.3, -0.25) is 9.11 Å². The molecular formula is C14H26O6S2. The fourth-order valence-corrected chi connectivity index (χ4v) is 6.18. The van der Waals surface area contributed by atoms with Crippen LogP contribution in [0.4, 0.5) is 0 Å². The van der Waals surface area contributed by atoms with Crippen LogP contribution in [0.15, 0.2) is 0 Å². The standard InChI is InChI=1S/C14H26O6S2/c15-21(16,17)11-14(22(18,19)20,9-7-12-3-1-4-12)10-8-13-5-2-6-13/h12-13H,1-11H2,(H,15,16,17)(H,18,19,20). The van der Waals surface area contributed by atoms with Gasteiger partial charge in [-0.25, -0.2) is 0 Å². The first-order valence-corrected chi connectivity index (χ1v) is 11.1. The molecule has 0 saturated heterocycles. The highest BCUT2D eigenvalue weighted by Gasteiger charge is 2.46. The molecule has 0 unspecified atom stereocenters. The second-order valence-electron chi connectivity index (χ2n) is 7.06. The molecule has 0 aromatic carbocycles. The van der Waals surface area contributed by atoms with E-state index in [0.29, 0.717) is 24.7 Å². The second-order valence-corrected chi connectivity index (χ2v) is 10.3. The molecular weight excluding hydrogens is 328 g/mol. The summed E-state index contributed by atoms with van der Waals surface area (Å²) in [5, 5.41) is 0. The van der Waals surface area contributed by atoms with Crippen molar-refractivity contribution in [2.45, 2.75) is 69.0 Å². The van der Waals surface area contributed by atoms with Gasteiger partial charge in [0.05, 0.1) is 5.75 Å². The summed E-state index contributed by atoms with van der Waals surface area (Å²) in [5.74, 6) is -0.0874. The Morgan fingerprint density at radius 2 is 1.23 bits per heavy atom. The Morgan fingerprint density at radius 3 is 1.45 bits per heavy atom. The number of hydrogen-bond acceptors (Lipinski definition) is 4. The second kappa shape index (κ2) is 6.75. The maximum atomic E-state index is 11.9. The molecule has 0 spiro atoms. The summed E-state index contributed by atoms with van der Waals surface area (Å²) in [6.45, 7) is 0. The van der Waals surface area contributed by atoms with Gasteiger partial charge in [-0.15, -0.1) is 0 Å². The molecule has 8 heteroatoms. The predicted octanol–water partition coefficient (Wildman–Crippen LogP) is 2.66. The molecule has 0 aromatic heterocycles. The molecule has 2 aliphatic rings. The van der Waals surface area contributed by atoms with Crippen molar-refractivity contribution < 1.29 is 25.9 Å². The van der Waals surface area contributed by atoms with Gasteiger partial charge in [0.2, 0.25) is 0 Å². The maximum absolute atomic E-state index is 11.9. The van der Waals surface area contributed by atoms with Gasteiger partial charge >= 0.3 is 0 Å². The highest BCUT2D eigenvalue weighted by molar-refractivity contribution is 7.90. The Balaban J connectivity index is 2.15. The Hall–Kier alpha value is -0.180. The van der Waals surface area contributed by atoms with Gasteiger partial charge in [0.25, 0.3) is 20.2 Å². The van der Waals surface area contributed by atoms with Crippen molar-refractivity contribution in [3.05, 3.63) is 0 Å². The zero-order chi connectivity index (χ0) is 16.4. The molecule has 22 heavy (non-hydrogen) atoms. The normalized spacial score (nSPS) is 21.4.